The number of thiazole rings is 1. The SMILES string of the molecule is COCCN(CCOC)S(=O)(=O)c1ccc(C(=O)N2CCN(c3nc4c(OC)cccc4s3)CC2)cc1. The van der Waals surface area contributed by atoms with Crippen LogP contribution in [0.4, 0.5) is 5.13 Å². The van der Waals surface area contributed by atoms with Gasteiger partial charge >= 0.3 is 0 Å². The molecule has 3 aromatic rings. The largest absolute Gasteiger partial charge is 0.494 e. The minimum Gasteiger partial charge on any atom is -0.494 e. The molecule has 0 saturated carbocycles. The molecule has 200 valence electrons. The summed E-state index contributed by atoms with van der Waals surface area (Å²) >= 11 is 1.61. The van der Waals surface area contributed by atoms with Crippen molar-refractivity contribution in [2.24, 2.45) is 0 Å². The normalized spacial score (nSPS) is 14.5. The van der Waals surface area contributed by atoms with E-state index in [1.165, 1.54) is 30.7 Å². The van der Waals surface area contributed by atoms with E-state index in [2.05, 4.69) is 4.90 Å². The number of carbonyl (C=O) groups excluding carboxylic acids is 1. The van der Waals surface area contributed by atoms with E-state index in [0.717, 1.165) is 21.1 Å². The summed E-state index contributed by atoms with van der Waals surface area (Å²) in [6.07, 6.45) is 0. The van der Waals surface area contributed by atoms with Gasteiger partial charge in [0.25, 0.3) is 5.91 Å². The highest BCUT2D eigenvalue weighted by Crippen LogP contribution is 2.34. The molecule has 2 heterocycles. The summed E-state index contributed by atoms with van der Waals surface area (Å²) in [6, 6.07) is 12.0. The molecule has 37 heavy (non-hydrogen) atoms. The Bertz CT molecular complexity index is 1300. The number of hydrogen-bond donors (Lipinski definition) is 0. The average Bonchev–Trinajstić information content (AvgIpc) is 3.37. The monoisotopic (exact) mass is 548 g/mol. The molecule has 0 radical (unpaired) electrons. The third kappa shape index (κ3) is 6.04. The van der Waals surface area contributed by atoms with Gasteiger partial charge in [0.15, 0.2) is 5.13 Å². The van der Waals surface area contributed by atoms with Gasteiger partial charge in [0, 0.05) is 59.1 Å². The number of amides is 1. The summed E-state index contributed by atoms with van der Waals surface area (Å²) in [4.78, 5) is 22.0. The van der Waals surface area contributed by atoms with Gasteiger partial charge in [-0.3, -0.25) is 4.79 Å². The number of fused-ring (bicyclic) bond motifs is 1. The van der Waals surface area contributed by atoms with E-state index >= 15 is 0 Å². The molecule has 1 fully saturated rings. The summed E-state index contributed by atoms with van der Waals surface area (Å²) in [5, 5.41) is 0.910. The quantitative estimate of drug-likeness (QED) is 0.360. The molecular weight excluding hydrogens is 516 g/mol. The Morgan fingerprint density at radius 1 is 0.973 bits per heavy atom. The van der Waals surface area contributed by atoms with Crippen molar-refractivity contribution in [3.8, 4) is 5.75 Å². The zero-order chi connectivity index (χ0) is 26.4. The summed E-state index contributed by atoms with van der Waals surface area (Å²) < 4.78 is 44.1. The standard InChI is InChI=1S/C25H32N4O6S2/c1-33-17-15-29(16-18-34-2)37(31,32)20-9-7-19(8-10-20)24(30)27-11-13-28(14-12-27)25-26-23-21(35-3)5-4-6-22(23)36-25/h4-10H,11-18H2,1-3H3. The number of benzene rings is 2. The molecular formula is C25H32N4O6S2. The van der Waals surface area contributed by atoms with E-state index in [0.29, 0.717) is 31.7 Å². The number of sulfonamides is 1. The Morgan fingerprint density at radius 2 is 1.62 bits per heavy atom. The topological polar surface area (TPSA) is 102 Å². The van der Waals surface area contributed by atoms with Crippen LogP contribution < -0.4 is 9.64 Å². The van der Waals surface area contributed by atoms with Gasteiger partial charge in [0.2, 0.25) is 10.0 Å². The van der Waals surface area contributed by atoms with Crippen LogP contribution in [-0.2, 0) is 19.5 Å². The number of hydrogen-bond acceptors (Lipinski definition) is 9. The predicted octanol–water partition coefficient (Wildman–Crippen LogP) is 2.55. The van der Waals surface area contributed by atoms with Crippen molar-refractivity contribution < 1.29 is 27.4 Å². The number of piperazine rings is 1. The maximum absolute atomic E-state index is 13.1. The number of nitrogens with zero attached hydrogens (tertiary/aromatic N) is 4. The first-order valence-corrected chi connectivity index (χ1v) is 14.2. The molecule has 10 nitrogen and oxygen atoms in total. The van der Waals surface area contributed by atoms with Gasteiger partial charge in [-0.2, -0.15) is 4.31 Å². The van der Waals surface area contributed by atoms with Crippen molar-refractivity contribution in [1.29, 1.82) is 0 Å². The number of rotatable bonds is 11. The maximum Gasteiger partial charge on any atom is 0.253 e. The van der Waals surface area contributed by atoms with E-state index in [9.17, 15) is 13.2 Å². The van der Waals surface area contributed by atoms with E-state index < -0.39 is 10.0 Å². The van der Waals surface area contributed by atoms with E-state index in [1.54, 1.807) is 35.5 Å². The lowest BCUT2D eigenvalue weighted by atomic mass is 10.2. The maximum atomic E-state index is 13.1. The van der Waals surface area contributed by atoms with Crippen LogP contribution in [0.1, 0.15) is 10.4 Å². The number of aromatic nitrogens is 1. The molecule has 12 heteroatoms. The van der Waals surface area contributed by atoms with Gasteiger partial charge in [0.1, 0.15) is 11.3 Å². The van der Waals surface area contributed by atoms with Gasteiger partial charge < -0.3 is 24.0 Å². The first-order chi connectivity index (χ1) is 17.9. The minimum atomic E-state index is -3.74. The molecule has 1 aromatic heterocycles. The lowest BCUT2D eigenvalue weighted by Crippen LogP contribution is -2.48. The summed E-state index contributed by atoms with van der Waals surface area (Å²) in [6.45, 7) is 3.40. The molecule has 0 spiro atoms. The average molecular weight is 549 g/mol. The lowest BCUT2D eigenvalue weighted by Gasteiger charge is -2.34. The van der Waals surface area contributed by atoms with Gasteiger partial charge in [-0.1, -0.05) is 17.4 Å². The van der Waals surface area contributed by atoms with Gasteiger partial charge in [-0.05, 0) is 36.4 Å². The molecule has 0 unspecified atom stereocenters. The molecule has 1 aliphatic heterocycles. The smallest absolute Gasteiger partial charge is 0.253 e. The molecule has 0 aliphatic carbocycles. The highest BCUT2D eigenvalue weighted by atomic mass is 32.2. The third-order valence-corrected chi connectivity index (χ3v) is 9.25. The molecule has 1 aliphatic rings. The molecule has 0 N–H and O–H groups in total. The van der Waals surface area contributed by atoms with Gasteiger partial charge in [-0.25, -0.2) is 13.4 Å². The van der Waals surface area contributed by atoms with Crippen LogP contribution in [0.5, 0.6) is 5.75 Å². The fourth-order valence-electron chi connectivity index (χ4n) is 4.15. The highest BCUT2D eigenvalue weighted by molar-refractivity contribution is 7.89. The zero-order valence-electron chi connectivity index (χ0n) is 21.3. The number of ether oxygens (including phenoxy) is 3. The molecule has 0 atom stereocenters. The number of carbonyl (C=O) groups is 1. The lowest BCUT2D eigenvalue weighted by molar-refractivity contribution is 0.0746. The summed E-state index contributed by atoms with van der Waals surface area (Å²) in [5.41, 5.74) is 1.30. The van der Waals surface area contributed by atoms with Crippen molar-refractivity contribution in [1.82, 2.24) is 14.2 Å². The Labute approximate surface area is 221 Å². The Balaban J connectivity index is 1.40. The first kappa shape index (κ1) is 27.3. The van der Waals surface area contributed by atoms with Crippen LogP contribution in [0.15, 0.2) is 47.4 Å². The van der Waals surface area contributed by atoms with Crippen LogP contribution in [0.3, 0.4) is 0 Å². The van der Waals surface area contributed by atoms with Crippen LogP contribution >= 0.6 is 11.3 Å². The van der Waals surface area contributed by atoms with Crippen molar-refractivity contribution in [3.63, 3.8) is 0 Å². The fourth-order valence-corrected chi connectivity index (χ4v) is 6.59. The molecule has 2 aromatic carbocycles. The number of anilines is 1. The molecule has 4 rings (SSSR count). The third-order valence-electron chi connectivity index (χ3n) is 6.26. The molecule has 1 saturated heterocycles. The number of methoxy groups -OCH3 is 3. The second-order valence-electron chi connectivity index (χ2n) is 8.50. The van der Waals surface area contributed by atoms with Gasteiger partial charge in [0.05, 0.1) is 29.9 Å². The summed E-state index contributed by atoms with van der Waals surface area (Å²) in [5.74, 6) is 0.630. The van der Waals surface area contributed by atoms with E-state index in [4.69, 9.17) is 19.2 Å². The Kier molecular flexibility index (Phi) is 8.98. The van der Waals surface area contributed by atoms with Crippen molar-refractivity contribution >= 4 is 42.6 Å². The fraction of sp³-hybridized carbons (Fsp3) is 0.440. The number of para-hydroxylation sites is 1. The minimum absolute atomic E-state index is 0.120. The Morgan fingerprint density at radius 3 is 2.22 bits per heavy atom. The highest BCUT2D eigenvalue weighted by Gasteiger charge is 2.27. The molecule has 1 amide bonds. The van der Waals surface area contributed by atoms with Gasteiger partial charge in [-0.15, -0.1) is 0 Å². The molecule has 0 bridgehead atoms. The second kappa shape index (κ2) is 12.2. The zero-order valence-corrected chi connectivity index (χ0v) is 22.9. The van der Waals surface area contributed by atoms with Crippen molar-refractivity contribution in [3.05, 3.63) is 48.0 Å². The van der Waals surface area contributed by atoms with Crippen LogP contribution in [-0.4, -0.2) is 102 Å². The van der Waals surface area contributed by atoms with E-state index in [1.807, 2.05) is 18.2 Å². The van der Waals surface area contributed by atoms with Crippen LogP contribution in [0.2, 0.25) is 0 Å². The predicted molar refractivity (Wildman–Crippen MR) is 143 cm³/mol. The van der Waals surface area contributed by atoms with E-state index in [-0.39, 0.29) is 37.1 Å². The first-order valence-electron chi connectivity index (χ1n) is 11.9. The second-order valence-corrected chi connectivity index (χ2v) is 11.4. The van der Waals surface area contributed by atoms with Crippen molar-refractivity contribution in [2.45, 2.75) is 4.90 Å². The van der Waals surface area contributed by atoms with Crippen molar-refractivity contribution in [2.75, 3.05) is 78.7 Å². The summed E-state index contributed by atoms with van der Waals surface area (Å²) in [7, 11) is 0.948. The van der Waals surface area contributed by atoms with Crippen LogP contribution in [0.25, 0.3) is 10.2 Å². The van der Waals surface area contributed by atoms with Crippen LogP contribution in [0, 0.1) is 0 Å². The Hall–Kier alpha value is -2.77.